The highest BCUT2D eigenvalue weighted by Gasteiger charge is 2.18. The van der Waals surface area contributed by atoms with Crippen molar-refractivity contribution in [3.8, 4) is 0 Å². The van der Waals surface area contributed by atoms with Crippen molar-refractivity contribution in [2.45, 2.75) is 19.3 Å². The van der Waals surface area contributed by atoms with E-state index in [9.17, 15) is 9.59 Å². The topological polar surface area (TPSA) is 71.1 Å². The molecule has 5 nitrogen and oxygen atoms in total. The van der Waals surface area contributed by atoms with Gasteiger partial charge in [0.05, 0.1) is 5.69 Å². The molecule has 1 aliphatic rings. The summed E-state index contributed by atoms with van der Waals surface area (Å²) in [6, 6.07) is -0.585. The Kier molecular flexibility index (Phi) is 3.40. The number of nitrogens with one attached hydrogen (secondary N) is 2. The first-order valence-electron chi connectivity index (χ1n) is 4.84. The Labute approximate surface area is 101 Å². The maximum Gasteiger partial charge on any atom is 0.327 e. The lowest BCUT2D eigenvalue weighted by Crippen LogP contribution is -2.35. The molecule has 0 radical (unpaired) electrons. The Bertz CT molecular complexity index is 411. The lowest BCUT2D eigenvalue weighted by Gasteiger charge is -2.01. The minimum atomic E-state index is -0.585. The molecule has 0 aromatic carbocycles. The zero-order valence-electron chi connectivity index (χ0n) is 8.38. The van der Waals surface area contributed by atoms with Gasteiger partial charge in [0, 0.05) is 4.88 Å². The van der Waals surface area contributed by atoms with E-state index < -0.39 is 11.9 Å². The summed E-state index contributed by atoms with van der Waals surface area (Å²) < 4.78 is 0. The third kappa shape index (κ3) is 2.51. The van der Waals surface area contributed by atoms with E-state index in [0.29, 0.717) is 5.13 Å². The number of amides is 3. The second kappa shape index (κ2) is 4.80. The molecule has 0 bridgehead atoms. The zero-order valence-corrected chi connectivity index (χ0v) is 9.95. The number of hydrogen-bond donors (Lipinski definition) is 2. The molecule has 0 aliphatic heterocycles. The van der Waals surface area contributed by atoms with E-state index in [0.717, 1.165) is 25.0 Å². The van der Waals surface area contributed by atoms with Crippen molar-refractivity contribution >= 4 is 40.0 Å². The summed E-state index contributed by atoms with van der Waals surface area (Å²) in [5, 5.41) is 5.14. The van der Waals surface area contributed by atoms with Crippen molar-refractivity contribution in [3.63, 3.8) is 0 Å². The number of carbonyl (C=O) groups is 2. The van der Waals surface area contributed by atoms with Gasteiger partial charge in [0.1, 0.15) is 5.88 Å². The van der Waals surface area contributed by atoms with Gasteiger partial charge in [-0.05, 0) is 19.3 Å². The first-order valence-corrected chi connectivity index (χ1v) is 6.19. The van der Waals surface area contributed by atoms with Crippen molar-refractivity contribution < 1.29 is 9.59 Å². The molecule has 0 spiro atoms. The van der Waals surface area contributed by atoms with Gasteiger partial charge in [-0.3, -0.25) is 15.4 Å². The molecule has 1 aliphatic carbocycles. The maximum atomic E-state index is 11.3. The van der Waals surface area contributed by atoms with Crippen molar-refractivity contribution in [3.05, 3.63) is 10.6 Å². The van der Waals surface area contributed by atoms with Gasteiger partial charge in [0.25, 0.3) is 0 Å². The molecule has 0 atom stereocenters. The molecule has 0 saturated heterocycles. The number of imide groups is 1. The monoisotopic (exact) mass is 259 g/mol. The zero-order chi connectivity index (χ0) is 11.5. The average Bonchev–Trinajstić information content (AvgIpc) is 2.77. The first-order chi connectivity index (χ1) is 7.69. The predicted molar refractivity (Wildman–Crippen MR) is 62.0 cm³/mol. The van der Waals surface area contributed by atoms with Gasteiger partial charge in [-0.25, -0.2) is 9.78 Å². The number of nitrogens with zero attached hydrogens (tertiary/aromatic N) is 1. The molecule has 3 amide bonds. The Balaban J connectivity index is 1.93. The smallest absolute Gasteiger partial charge is 0.283 e. The quantitative estimate of drug-likeness (QED) is 0.791. The molecule has 2 N–H and O–H groups in total. The van der Waals surface area contributed by atoms with E-state index in [4.69, 9.17) is 11.6 Å². The second-order valence-electron chi connectivity index (χ2n) is 3.38. The maximum absolute atomic E-state index is 11.3. The second-order valence-corrected chi connectivity index (χ2v) is 4.73. The highest BCUT2D eigenvalue weighted by atomic mass is 35.5. The van der Waals surface area contributed by atoms with E-state index in [1.54, 1.807) is 0 Å². The van der Waals surface area contributed by atoms with Crippen molar-refractivity contribution in [1.29, 1.82) is 0 Å². The van der Waals surface area contributed by atoms with Crippen LogP contribution in [0.25, 0.3) is 0 Å². The molecule has 86 valence electrons. The molecule has 0 fully saturated rings. The molecule has 16 heavy (non-hydrogen) atoms. The predicted octanol–water partition coefficient (Wildman–Crippen LogP) is 1.52. The lowest BCUT2D eigenvalue weighted by molar-refractivity contribution is -0.117. The van der Waals surface area contributed by atoms with E-state index >= 15 is 0 Å². The van der Waals surface area contributed by atoms with Crippen LogP contribution >= 0.6 is 22.9 Å². The number of fused-ring (bicyclic) bond motifs is 1. The van der Waals surface area contributed by atoms with Crippen LogP contribution in [0.2, 0.25) is 0 Å². The lowest BCUT2D eigenvalue weighted by atomic mass is 10.4. The number of aromatic nitrogens is 1. The van der Waals surface area contributed by atoms with E-state index in [1.807, 2.05) is 0 Å². The summed E-state index contributed by atoms with van der Waals surface area (Å²) in [5.41, 5.74) is 1.06. The Morgan fingerprint density at radius 1 is 1.44 bits per heavy atom. The molecule has 1 heterocycles. The number of alkyl halides is 1. The van der Waals surface area contributed by atoms with Crippen molar-refractivity contribution in [1.82, 2.24) is 10.3 Å². The number of carbonyl (C=O) groups excluding carboxylic acids is 2. The normalized spacial score (nSPS) is 13.3. The fourth-order valence-corrected chi connectivity index (χ4v) is 2.64. The molecule has 0 saturated carbocycles. The average molecular weight is 260 g/mol. The number of urea groups is 1. The highest BCUT2D eigenvalue weighted by molar-refractivity contribution is 7.15. The molecule has 1 aromatic heterocycles. The van der Waals surface area contributed by atoms with Crippen LogP contribution in [0, 0.1) is 0 Å². The molecule has 2 rings (SSSR count). The highest BCUT2D eigenvalue weighted by Crippen LogP contribution is 2.30. The van der Waals surface area contributed by atoms with Crippen LogP contribution in [0.1, 0.15) is 17.0 Å². The van der Waals surface area contributed by atoms with E-state index in [-0.39, 0.29) is 5.88 Å². The summed E-state index contributed by atoms with van der Waals surface area (Å²) in [7, 11) is 0. The minimum Gasteiger partial charge on any atom is -0.283 e. The number of hydrogen-bond acceptors (Lipinski definition) is 4. The van der Waals surface area contributed by atoms with Crippen LogP contribution in [0.4, 0.5) is 9.93 Å². The van der Waals surface area contributed by atoms with Gasteiger partial charge in [-0.1, -0.05) is 0 Å². The third-order valence-electron chi connectivity index (χ3n) is 2.19. The Hall–Kier alpha value is -1.14. The summed E-state index contributed by atoms with van der Waals surface area (Å²) in [5.74, 6) is -0.759. The van der Waals surface area contributed by atoms with Crippen LogP contribution in [0.3, 0.4) is 0 Å². The summed E-state index contributed by atoms with van der Waals surface area (Å²) in [6.45, 7) is 0. The number of halogens is 1. The van der Waals surface area contributed by atoms with Crippen LogP contribution < -0.4 is 10.6 Å². The van der Waals surface area contributed by atoms with Gasteiger partial charge < -0.3 is 0 Å². The van der Waals surface area contributed by atoms with Crippen LogP contribution in [0.5, 0.6) is 0 Å². The third-order valence-corrected chi connectivity index (χ3v) is 3.51. The fourth-order valence-electron chi connectivity index (χ4n) is 1.53. The largest absolute Gasteiger partial charge is 0.327 e. The summed E-state index contributed by atoms with van der Waals surface area (Å²) >= 11 is 6.71. The SMILES string of the molecule is O=C(CCl)NC(=O)Nc1nc2c(s1)CCC2. The number of anilines is 1. The number of aryl methyl sites for hydroxylation is 2. The molecular formula is C9H10ClN3O2S. The molecular weight excluding hydrogens is 250 g/mol. The Morgan fingerprint density at radius 2 is 2.25 bits per heavy atom. The standard InChI is InChI=1S/C9H10ClN3O2S/c10-4-7(14)12-8(15)13-9-11-5-2-1-3-6(5)16-9/h1-4H2,(H2,11,12,13,14,15). The number of rotatable bonds is 2. The Morgan fingerprint density at radius 3 is 2.94 bits per heavy atom. The summed E-state index contributed by atoms with van der Waals surface area (Å²) in [4.78, 5) is 27.6. The van der Waals surface area contributed by atoms with Crippen LogP contribution in [-0.2, 0) is 17.6 Å². The minimum absolute atomic E-state index is 0.234. The molecule has 7 heteroatoms. The van der Waals surface area contributed by atoms with Crippen molar-refractivity contribution in [2.75, 3.05) is 11.2 Å². The van der Waals surface area contributed by atoms with Gasteiger partial charge in [-0.2, -0.15) is 0 Å². The van der Waals surface area contributed by atoms with Gasteiger partial charge in [-0.15, -0.1) is 22.9 Å². The number of thiazole rings is 1. The van der Waals surface area contributed by atoms with Gasteiger partial charge in [0.2, 0.25) is 5.91 Å². The van der Waals surface area contributed by atoms with Crippen LogP contribution in [-0.4, -0.2) is 22.8 Å². The fraction of sp³-hybridized carbons (Fsp3) is 0.444. The van der Waals surface area contributed by atoms with Gasteiger partial charge >= 0.3 is 6.03 Å². The van der Waals surface area contributed by atoms with Crippen LogP contribution in [0.15, 0.2) is 0 Å². The van der Waals surface area contributed by atoms with E-state index in [2.05, 4.69) is 15.6 Å². The van der Waals surface area contributed by atoms with E-state index in [1.165, 1.54) is 16.2 Å². The first kappa shape index (κ1) is 11.3. The molecule has 0 unspecified atom stereocenters. The van der Waals surface area contributed by atoms with Crippen molar-refractivity contribution in [2.24, 2.45) is 0 Å². The summed E-state index contributed by atoms with van der Waals surface area (Å²) in [6.07, 6.45) is 3.12. The molecule has 1 aromatic rings. The van der Waals surface area contributed by atoms with Gasteiger partial charge in [0.15, 0.2) is 5.13 Å².